The van der Waals surface area contributed by atoms with E-state index >= 15 is 0 Å². The predicted octanol–water partition coefficient (Wildman–Crippen LogP) is 3.28. The molecule has 1 unspecified atom stereocenters. The van der Waals surface area contributed by atoms with Crippen molar-refractivity contribution in [3.05, 3.63) is 64.2 Å². The summed E-state index contributed by atoms with van der Waals surface area (Å²) in [4.78, 5) is 27.3. The van der Waals surface area contributed by atoms with Crippen molar-refractivity contribution >= 4 is 39.1 Å². The Bertz CT molecular complexity index is 1070. The summed E-state index contributed by atoms with van der Waals surface area (Å²) in [5, 5.41) is 3.20. The normalized spacial score (nSPS) is 12.2. The summed E-state index contributed by atoms with van der Waals surface area (Å²) in [5.41, 5.74) is 2.90. The van der Waals surface area contributed by atoms with E-state index in [9.17, 15) is 18.0 Å². The number of rotatable bonds is 9. The van der Waals surface area contributed by atoms with Gasteiger partial charge in [0.15, 0.2) is 0 Å². The molecule has 0 heterocycles. The molecule has 0 radical (unpaired) electrons. The lowest BCUT2D eigenvalue weighted by atomic mass is 10.1. The van der Waals surface area contributed by atoms with Crippen molar-refractivity contribution in [1.29, 1.82) is 0 Å². The number of amides is 2. The van der Waals surface area contributed by atoms with Crippen molar-refractivity contribution in [3.63, 3.8) is 0 Å². The molecule has 32 heavy (non-hydrogen) atoms. The molecule has 0 saturated heterocycles. The summed E-state index contributed by atoms with van der Waals surface area (Å²) in [6.45, 7) is 7.29. The second-order valence-corrected chi connectivity index (χ2v) is 10.1. The molecule has 0 aliphatic heterocycles. The molecule has 2 amide bonds. The summed E-state index contributed by atoms with van der Waals surface area (Å²) in [7, 11) is -3.77. The lowest BCUT2D eigenvalue weighted by Crippen LogP contribution is -2.51. The highest BCUT2D eigenvalue weighted by molar-refractivity contribution is 7.92. The third kappa shape index (κ3) is 6.71. The molecular weight excluding hydrogens is 450 g/mol. The minimum atomic E-state index is -3.77. The average molecular weight is 480 g/mol. The largest absolute Gasteiger partial charge is 0.355 e. The van der Waals surface area contributed by atoms with Gasteiger partial charge in [0.25, 0.3) is 0 Å². The van der Waals surface area contributed by atoms with E-state index < -0.39 is 28.5 Å². The number of sulfonamides is 1. The number of likely N-dealkylation sites (N-methyl/N-ethyl adjacent to an activating group) is 1. The molecule has 0 bridgehead atoms. The molecule has 2 aromatic carbocycles. The maximum Gasteiger partial charge on any atom is 0.244 e. The Balaban J connectivity index is 2.40. The lowest BCUT2D eigenvalue weighted by Gasteiger charge is -2.32. The van der Waals surface area contributed by atoms with Crippen LogP contribution < -0.4 is 9.62 Å². The molecule has 1 N–H and O–H groups in total. The molecule has 2 rings (SSSR count). The maximum atomic E-state index is 13.4. The second kappa shape index (κ2) is 10.8. The number of benzene rings is 2. The van der Waals surface area contributed by atoms with Gasteiger partial charge in [-0.05, 0) is 57.0 Å². The molecule has 0 spiro atoms. The summed E-state index contributed by atoms with van der Waals surface area (Å²) >= 11 is 6.01. The van der Waals surface area contributed by atoms with Crippen LogP contribution >= 0.6 is 11.6 Å². The van der Waals surface area contributed by atoms with Crippen LogP contribution in [0.25, 0.3) is 0 Å². The number of nitrogens with one attached hydrogen (secondary N) is 1. The van der Waals surface area contributed by atoms with Crippen molar-refractivity contribution in [3.8, 4) is 0 Å². The first-order valence-corrected chi connectivity index (χ1v) is 12.5. The molecule has 0 saturated carbocycles. The Morgan fingerprint density at radius 2 is 1.72 bits per heavy atom. The molecule has 1 atom stereocenters. The third-order valence-electron chi connectivity index (χ3n) is 5.10. The van der Waals surface area contributed by atoms with Crippen LogP contribution in [0.5, 0.6) is 0 Å². The number of aryl methyl sites for hydroxylation is 2. The van der Waals surface area contributed by atoms with E-state index in [-0.39, 0.29) is 12.5 Å². The van der Waals surface area contributed by atoms with Crippen molar-refractivity contribution in [1.82, 2.24) is 10.2 Å². The van der Waals surface area contributed by atoms with Crippen LogP contribution in [0.2, 0.25) is 5.02 Å². The fraction of sp³-hybridized carbons (Fsp3) is 0.391. The van der Waals surface area contributed by atoms with Crippen LogP contribution in [0.1, 0.15) is 30.5 Å². The number of carbonyl (C=O) groups is 2. The van der Waals surface area contributed by atoms with E-state index in [4.69, 9.17) is 11.6 Å². The van der Waals surface area contributed by atoms with Crippen molar-refractivity contribution < 1.29 is 18.0 Å². The number of nitrogens with zero attached hydrogens (tertiary/aromatic N) is 2. The number of hydrogen-bond donors (Lipinski definition) is 1. The van der Waals surface area contributed by atoms with Crippen LogP contribution in [0.4, 0.5) is 5.69 Å². The standard InChI is InChI=1S/C23H30ClN3O4S/c1-6-25-23(29)18(4)26(14-19-9-7-16(2)8-10-19)22(28)15-27(32(5,30)31)21-12-11-20(24)13-17(21)3/h7-13,18H,6,14-15H2,1-5H3,(H,25,29). The first-order chi connectivity index (χ1) is 14.9. The van der Waals surface area contributed by atoms with Crippen LogP contribution in [-0.4, -0.2) is 50.5 Å². The molecule has 0 fully saturated rings. The van der Waals surface area contributed by atoms with Crippen LogP contribution in [0, 0.1) is 13.8 Å². The number of anilines is 1. The molecule has 0 aliphatic carbocycles. The van der Waals surface area contributed by atoms with E-state index in [2.05, 4.69) is 5.32 Å². The van der Waals surface area contributed by atoms with Crippen LogP contribution in [-0.2, 0) is 26.2 Å². The van der Waals surface area contributed by atoms with Gasteiger partial charge in [0, 0.05) is 18.1 Å². The Labute approximate surface area is 195 Å². The van der Waals surface area contributed by atoms with E-state index in [1.807, 2.05) is 31.2 Å². The smallest absolute Gasteiger partial charge is 0.244 e. The zero-order valence-electron chi connectivity index (χ0n) is 19.1. The summed E-state index contributed by atoms with van der Waals surface area (Å²) in [6.07, 6.45) is 1.05. The van der Waals surface area contributed by atoms with Gasteiger partial charge in [-0.2, -0.15) is 0 Å². The van der Waals surface area contributed by atoms with Gasteiger partial charge in [-0.3, -0.25) is 13.9 Å². The SMILES string of the molecule is CCNC(=O)C(C)N(Cc1ccc(C)cc1)C(=O)CN(c1ccc(Cl)cc1C)S(C)(=O)=O. The van der Waals surface area contributed by atoms with E-state index in [1.54, 1.807) is 39.0 Å². The molecule has 174 valence electrons. The zero-order chi connectivity index (χ0) is 24.1. The van der Waals surface area contributed by atoms with Gasteiger partial charge < -0.3 is 10.2 Å². The van der Waals surface area contributed by atoms with E-state index in [0.29, 0.717) is 22.8 Å². The van der Waals surface area contributed by atoms with Gasteiger partial charge in [0.2, 0.25) is 21.8 Å². The first-order valence-electron chi connectivity index (χ1n) is 10.3. The van der Waals surface area contributed by atoms with Crippen molar-refractivity contribution in [2.45, 2.75) is 40.3 Å². The molecule has 2 aromatic rings. The van der Waals surface area contributed by atoms with Gasteiger partial charge in [-0.15, -0.1) is 0 Å². The molecule has 0 aromatic heterocycles. The predicted molar refractivity (Wildman–Crippen MR) is 128 cm³/mol. The minimum Gasteiger partial charge on any atom is -0.355 e. The highest BCUT2D eigenvalue weighted by Crippen LogP contribution is 2.26. The molecule has 9 heteroatoms. The van der Waals surface area contributed by atoms with Crippen molar-refractivity contribution in [2.75, 3.05) is 23.7 Å². The Morgan fingerprint density at radius 1 is 1.09 bits per heavy atom. The first kappa shape index (κ1) is 25.7. The van der Waals surface area contributed by atoms with Crippen molar-refractivity contribution in [2.24, 2.45) is 0 Å². The summed E-state index contributed by atoms with van der Waals surface area (Å²) in [5.74, 6) is -0.786. The monoisotopic (exact) mass is 479 g/mol. The minimum absolute atomic E-state index is 0.175. The van der Waals surface area contributed by atoms with Gasteiger partial charge >= 0.3 is 0 Å². The molecular formula is C23H30ClN3O4S. The van der Waals surface area contributed by atoms with Gasteiger partial charge in [0.1, 0.15) is 12.6 Å². The maximum absolute atomic E-state index is 13.4. The van der Waals surface area contributed by atoms with Crippen LogP contribution in [0.15, 0.2) is 42.5 Å². The Kier molecular flexibility index (Phi) is 8.69. The number of carbonyl (C=O) groups excluding carboxylic acids is 2. The zero-order valence-corrected chi connectivity index (χ0v) is 20.6. The Hall–Kier alpha value is -2.58. The molecule has 0 aliphatic rings. The quantitative estimate of drug-likeness (QED) is 0.598. The molecule has 7 nitrogen and oxygen atoms in total. The Morgan fingerprint density at radius 3 is 2.25 bits per heavy atom. The lowest BCUT2D eigenvalue weighted by molar-refractivity contribution is -0.139. The van der Waals surface area contributed by atoms with Gasteiger partial charge in [0.05, 0.1) is 11.9 Å². The van der Waals surface area contributed by atoms with E-state index in [0.717, 1.165) is 21.7 Å². The highest BCUT2D eigenvalue weighted by Gasteiger charge is 2.30. The van der Waals surface area contributed by atoms with Gasteiger partial charge in [-0.1, -0.05) is 41.4 Å². The highest BCUT2D eigenvalue weighted by atomic mass is 35.5. The average Bonchev–Trinajstić information content (AvgIpc) is 2.71. The summed E-state index contributed by atoms with van der Waals surface area (Å²) < 4.78 is 26.2. The fourth-order valence-corrected chi connectivity index (χ4v) is 4.42. The fourth-order valence-electron chi connectivity index (χ4n) is 3.29. The van der Waals surface area contributed by atoms with Gasteiger partial charge in [-0.25, -0.2) is 8.42 Å². The van der Waals surface area contributed by atoms with Crippen LogP contribution in [0.3, 0.4) is 0 Å². The second-order valence-electron chi connectivity index (χ2n) is 7.78. The number of hydrogen-bond acceptors (Lipinski definition) is 4. The number of halogens is 1. The third-order valence-corrected chi connectivity index (χ3v) is 6.46. The summed E-state index contributed by atoms with van der Waals surface area (Å²) in [6, 6.07) is 11.6. The van der Waals surface area contributed by atoms with E-state index in [1.165, 1.54) is 4.90 Å². The topological polar surface area (TPSA) is 86.8 Å².